The lowest BCUT2D eigenvalue weighted by Gasteiger charge is -2.11. The third kappa shape index (κ3) is 2.90. The standard InChI is InChI=1S/C14H13ClN2O4/c1-2-7-16-12(5-6-13(16)14(18)19)10-8-9(17(20)21)3-4-11(10)15/h3-6,8H,2,7H2,1H3,(H,18,19). The SMILES string of the molecule is CCCn1c(C(=O)O)ccc1-c1cc([N+](=O)[O-])ccc1Cl. The molecular formula is C14H13ClN2O4. The monoisotopic (exact) mass is 308 g/mol. The van der Waals surface area contributed by atoms with Crippen LogP contribution < -0.4 is 0 Å². The fourth-order valence-corrected chi connectivity index (χ4v) is 2.39. The van der Waals surface area contributed by atoms with Crippen LogP contribution in [0.2, 0.25) is 5.02 Å². The van der Waals surface area contributed by atoms with Crippen LogP contribution in [0.5, 0.6) is 0 Å². The molecule has 1 N–H and O–H groups in total. The maximum atomic E-state index is 11.2. The molecule has 21 heavy (non-hydrogen) atoms. The Bertz CT molecular complexity index is 709. The van der Waals surface area contributed by atoms with Crippen LogP contribution in [-0.2, 0) is 6.54 Å². The number of nitrogens with zero attached hydrogens (tertiary/aromatic N) is 2. The maximum Gasteiger partial charge on any atom is 0.352 e. The number of non-ortho nitro benzene ring substituents is 1. The van der Waals surface area contributed by atoms with Gasteiger partial charge in [0.05, 0.1) is 15.6 Å². The zero-order valence-electron chi connectivity index (χ0n) is 11.2. The van der Waals surface area contributed by atoms with Gasteiger partial charge in [-0.1, -0.05) is 18.5 Å². The van der Waals surface area contributed by atoms with Gasteiger partial charge in [0.2, 0.25) is 0 Å². The van der Waals surface area contributed by atoms with Crippen molar-refractivity contribution in [1.29, 1.82) is 0 Å². The van der Waals surface area contributed by atoms with Gasteiger partial charge >= 0.3 is 5.97 Å². The van der Waals surface area contributed by atoms with E-state index in [0.717, 1.165) is 6.42 Å². The van der Waals surface area contributed by atoms with Crippen molar-refractivity contribution in [2.45, 2.75) is 19.9 Å². The number of halogens is 1. The first-order chi connectivity index (χ1) is 9.95. The van der Waals surface area contributed by atoms with Gasteiger partial charge in [-0.15, -0.1) is 0 Å². The van der Waals surface area contributed by atoms with Gasteiger partial charge in [-0.25, -0.2) is 4.79 Å². The van der Waals surface area contributed by atoms with Crippen LogP contribution in [0.1, 0.15) is 23.8 Å². The molecule has 0 fully saturated rings. The molecule has 0 aliphatic rings. The van der Waals surface area contributed by atoms with E-state index < -0.39 is 10.9 Å². The Kier molecular flexibility index (Phi) is 4.28. The molecule has 0 spiro atoms. The lowest BCUT2D eigenvalue weighted by molar-refractivity contribution is -0.384. The van der Waals surface area contributed by atoms with Crippen molar-refractivity contribution in [2.24, 2.45) is 0 Å². The van der Waals surface area contributed by atoms with Crippen LogP contribution in [0.4, 0.5) is 5.69 Å². The van der Waals surface area contributed by atoms with Crippen LogP contribution in [-0.4, -0.2) is 20.6 Å². The molecule has 0 saturated carbocycles. The smallest absolute Gasteiger partial charge is 0.352 e. The number of carbonyl (C=O) groups is 1. The number of carboxylic acids is 1. The fourth-order valence-electron chi connectivity index (χ4n) is 2.18. The Labute approximate surface area is 125 Å². The van der Waals surface area contributed by atoms with E-state index in [1.54, 1.807) is 10.6 Å². The Morgan fingerprint density at radius 2 is 2.10 bits per heavy atom. The first-order valence-corrected chi connectivity index (χ1v) is 6.70. The second-order valence-corrected chi connectivity index (χ2v) is 4.89. The summed E-state index contributed by atoms with van der Waals surface area (Å²) in [5, 5.41) is 20.4. The number of carboxylic acid groups (broad SMARTS) is 1. The normalized spacial score (nSPS) is 10.6. The molecule has 1 heterocycles. The van der Waals surface area contributed by atoms with Crippen LogP contribution in [0.25, 0.3) is 11.3 Å². The molecule has 2 rings (SSSR count). The van der Waals surface area contributed by atoms with Crippen molar-refractivity contribution in [2.75, 3.05) is 0 Å². The molecule has 0 radical (unpaired) electrons. The van der Waals surface area contributed by atoms with Crippen LogP contribution in [0, 0.1) is 10.1 Å². The van der Waals surface area contributed by atoms with Crippen LogP contribution in [0.3, 0.4) is 0 Å². The minimum absolute atomic E-state index is 0.0875. The number of benzene rings is 1. The second-order valence-electron chi connectivity index (χ2n) is 4.48. The first-order valence-electron chi connectivity index (χ1n) is 6.32. The number of aromatic carboxylic acids is 1. The predicted octanol–water partition coefficient (Wildman–Crippen LogP) is 3.82. The van der Waals surface area contributed by atoms with Crippen LogP contribution >= 0.6 is 11.6 Å². The highest BCUT2D eigenvalue weighted by atomic mass is 35.5. The average Bonchev–Trinajstić information content (AvgIpc) is 2.83. The molecule has 2 aromatic rings. The molecule has 0 aliphatic carbocycles. The molecule has 1 aromatic heterocycles. The molecule has 1 aromatic carbocycles. The van der Waals surface area contributed by atoms with E-state index in [1.165, 1.54) is 24.3 Å². The van der Waals surface area contributed by atoms with Crippen LogP contribution in [0.15, 0.2) is 30.3 Å². The summed E-state index contributed by atoms with van der Waals surface area (Å²) in [7, 11) is 0. The lowest BCUT2D eigenvalue weighted by Crippen LogP contribution is -2.09. The minimum Gasteiger partial charge on any atom is -0.477 e. The summed E-state index contributed by atoms with van der Waals surface area (Å²) in [4.78, 5) is 21.6. The zero-order valence-corrected chi connectivity index (χ0v) is 12.0. The molecule has 0 atom stereocenters. The topological polar surface area (TPSA) is 85.4 Å². The number of nitro groups is 1. The van der Waals surface area contributed by atoms with Crippen molar-refractivity contribution < 1.29 is 14.8 Å². The molecule has 0 bridgehead atoms. The Morgan fingerprint density at radius 1 is 1.38 bits per heavy atom. The van der Waals surface area contributed by atoms with E-state index in [0.29, 0.717) is 22.8 Å². The van der Waals surface area contributed by atoms with Crippen molar-refractivity contribution in [3.8, 4) is 11.3 Å². The van der Waals surface area contributed by atoms with Crippen molar-refractivity contribution in [3.63, 3.8) is 0 Å². The van der Waals surface area contributed by atoms with Crippen molar-refractivity contribution >= 4 is 23.3 Å². The quantitative estimate of drug-likeness (QED) is 0.672. The summed E-state index contributed by atoms with van der Waals surface area (Å²) in [5.41, 5.74) is 1.06. The van der Waals surface area contributed by atoms with E-state index in [2.05, 4.69) is 0 Å². The number of nitro benzene ring substituents is 1. The molecule has 0 unspecified atom stereocenters. The third-order valence-corrected chi connectivity index (χ3v) is 3.41. The maximum absolute atomic E-state index is 11.2. The van der Waals surface area contributed by atoms with Gasteiger partial charge in [-0.05, 0) is 24.6 Å². The summed E-state index contributed by atoms with van der Waals surface area (Å²) in [6, 6.07) is 7.21. The van der Waals surface area contributed by atoms with Gasteiger partial charge in [-0.3, -0.25) is 10.1 Å². The van der Waals surface area contributed by atoms with Crippen molar-refractivity contribution in [3.05, 3.63) is 51.2 Å². The van der Waals surface area contributed by atoms with Gasteiger partial charge in [0.1, 0.15) is 5.69 Å². The summed E-state index contributed by atoms with van der Waals surface area (Å²) < 4.78 is 1.60. The lowest BCUT2D eigenvalue weighted by atomic mass is 10.1. The van der Waals surface area contributed by atoms with E-state index in [1.807, 2.05) is 6.92 Å². The number of hydrogen-bond donors (Lipinski definition) is 1. The summed E-state index contributed by atoms with van der Waals surface area (Å²) in [6.07, 6.45) is 0.731. The molecule has 7 heteroatoms. The van der Waals surface area contributed by atoms with Gasteiger partial charge < -0.3 is 9.67 Å². The van der Waals surface area contributed by atoms with Gasteiger partial charge in [0, 0.05) is 24.2 Å². The molecule has 110 valence electrons. The van der Waals surface area contributed by atoms with E-state index in [4.69, 9.17) is 11.6 Å². The number of aromatic nitrogens is 1. The van der Waals surface area contributed by atoms with E-state index in [9.17, 15) is 20.0 Å². The molecule has 0 amide bonds. The zero-order chi connectivity index (χ0) is 15.6. The van der Waals surface area contributed by atoms with E-state index in [-0.39, 0.29) is 11.4 Å². The third-order valence-electron chi connectivity index (χ3n) is 3.08. The predicted molar refractivity (Wildman–Crippen MR) is 78.8 cm³/mol. The Hall–Kier alpha value is -2.34. The molecule has 6 nitrogen and oxygen atoms in total. The summed E-state index contributed by atoms with van der Waals surface area (Å²) >= 11 is 6.11. The Balaban J connectivity index is 2.63. The fraction of sp³-hybridized carbons (Fsp3) is 0.214. The first kappa shape index (κ1) is 15.1. The molecule has 0 aliphatic heterocycles. The highest BCUT2D eigenvalue weighted by molar-refractivity contribution is 6.33. The van der Waals surface area contributed by atoms with E-state index >= 15 is 0 Å². The van der Waals surface area contributed by atoms with Gasteiger partial charge in [0.25, 0.3) is 5.69 Å². The number of hydrogen-bond acceptors (Lipinski definition) is 3. The average molecular weight is 309 g/mol. The minimum atomic E-state index is -1.05. The summed E-state index contributed by atoms with van der Waals surface area (Å²) in [5.74, 6) is -1.05. The summed E-state index contributed by atoms with van der Waals surface area (Å²) in [6.45, 7) is 2.41. The van der Waals surface area contributed by atoms with Crippen molar-refractivity contribution in [1.82, 2.24) is 4.57 Å². The number of rotatable bonds is 5. The molecule has 0 saturated heterocycles. The van der Waals surface area contributed by atoms with Gasteiger partial charge in [-0.2, -0.15) is 0 Å². The Morgan fingerprint density at radius 3 is 2.67 bits per heavy atom. The second kappa shape index (κ2) is 5.97. The highest BCUT2D eigenvalue weighted by Crippen LogP contribution is 2.33. The van der Waals surface area contributed by atoms with Gasteiger partial charge in [0.15, 0.2) is 0 Å². The largest absolute Gasteiger partial charge is 0.477 e. The molecular weight excluding hydrogens is 296 g/mol. The highest BCUT2D eigenvalue weighted by Gasteiger charge is 2.18.